The SMILES string of the molecule is CSCCC(=O)NCC(=O)NCC(=O)NCC(=O)NCC(N)=O.Cc1ccccc1. The molecule has 0 radical (unpaired) electrons. The highest BCUT2D eigenvalue weighted by molar-refractivity contribution is 7.98. The van der Waals surface area contributed by atoms with Crippen LogP contribution in [0.3, 0.4) is 0 Å². The van der Waals surface area contributed by atoms with Crippen LogP contribution in [0.15, 0.2) is 30.3 Å². The average Bonchev–Trinajstić information content (AvgIpc) is 2.72. The van der Waals surface area contributed by atoms with Gasteiger partial charge in [0.25, 0.3) is 0 Å². The molecule has 0 spiro atoms. The summed E-state index contributed by atoms with van der Waals surface area (Å²) < 4.78 is 0. The number of hydrogen-bond donors (Lipinski definition) is 5. The standard InChI is InChI=1S/C12H21N5O5S.C7H8/c1-23-3-2-9(19)15-5-11(21)17-7-12(22)16-6-10(20)14-4-8(13)18;1-7-5-3-2-4-6-7/h2-7H2,1H3,(H2,13,18)(H,14,20)(H,15,19)(H,16,22)(H,17,21);2-6H,1H3. The molecule has 11 heteroatoms. The first kappa shape index (κ1) is 26.9. The molecule has 0 atom stereocenters. The van der Waals surface area contributed by atoms with Crippen LogP contribution in [0.25, 0.3) is 0 Å². The highest BCUT2D eigenvalue weighted by Crippen LogP contribution is 1.94. The fourth-order valence-electron chi connectivity index (χ4n) is 1.73. The van der Waals surface area contributed by atoms with Crippen LogP contribution in [0.2, 0.25) is 0 Å². The third kappa shape index (κ3) is 17.0. The van der Waals surface area contributed by atoms with Crippen molar-refractivity contribution >= 4 is 41.3 Å². The summed E-state index contributed by atoms with van der Waals surface area (Å²) in [5.41, 5.74) is 6.16. The molecule has 166 valence electrons. The van der Waals surface area contributed by atoms with Crippen LogP contribution in [0, 0.1) is 6.92 Å². The molecular weight excluding hydrogens is 410 g/mol. The highest BCUT2D eigenvalue weighted by atomic mass is 32.2. The molecule has 0 fully saturated rings. The number of carbonyl (C=O) groups excluding carboxylic acids is 5. The van der Waals surface area contributed by atoms with Gasteiger partial charge in [0.15, 0.2) is 0 Å². The van der Waals surface area contributed by atoms with E-state index in [0.29, 0.717) is 12.2 Å². The highest BCUT2D eigenvalue weighted by Gasteiger charge is 2.09. The normalized spacial score (nSPS) is 9.40. The van der Waals surface area contributed by atoms with Crippen molar-refractivity contribution < 1.29 is 24.0 Å². The molecule has 0 aliphatic heterocycles. The summed E-state index contributed by atoms with van der Waals surface area (Å²) in [4.78, 5) is 55.7. The molecule has 10 nitrogen and oxygen atoms in total. The average molecular weight is 440 g/mol. The Balaban J connectivity index is 0.000001000. The van der Waals surface area contributed by atoms with E-state index in [9.17, 15) is 24.0 Å². The fourth-order valence-corrected chi connectivity index (χ4v) is 2.12. The van der Waals surface area contributed by atoms with E-state index in [1.54, 1.807) is 0 Å². The van der Waals surface area contributed by atoms with Crippen molar-refractivity contribution in [3.8, 4) is 0 Å². The van der Waals surface area contributed by atoms with Crippen molar-refractivity contribution in [2.75, 3.05) is 38.2 Å². The Morgan fingerprint density at radius 2 is 1.20 bits per heavy atom. The van der Waals surface area contributed by atoms with Crippen LogP contribution < -0.4 is 27.0 Å². The van der Waals surface area contributed by atoms with Gasteiger partial charge >= 0.3 is 0 Å². The predicted octanol–water partition coefficient (Wildman–Crippen LogP) is -1.32. The number of thioether (sulfide) groups is 1. The second-order valence-corrected chi connectivity index (χ2v) is 6.96. The first-order valence-electron chi connectivity index (χ1n) is 9.10. The summed E-state index contributed by atoms with van der Waals surface area (Å²) in [6.45, 7) is 0.872. The van der Waals surface area contributed by atoms with E-state index in [0.717, 1.165) is 0 Å². The third-order valence-corrected chi connectivity index (χ3v) is 3.88. The number of carbonyl (C=O) groups is 5. The Bertz CT molecular complexity index is 700. The molecule has 5 amide bonds. The van der Waals surface area contributed by atoms with Crippen LogP contribution in [0.1, 0.15) is 12.0 Å². The molecule has 0 aromatic heterocycles. The molecule has 0 bridgehead atoms. The van der Waals surface area contributed by atoms with Crippen molar-refractivity contribution in [2.45, 2.75) is 13.3 Å². The van der Waals surface area contributed by atoms with Gasteiger partial charge in [0.1, 0.15) is 0 Å². The van der Waals surface area contributed by atoms with Gasteiger partial charge in [-0.05, 0) is 13.2 Å². The van der Waals surface area contributed by atoms with Crippen molar-refractivity contribution in [1.82, 2.24) is 21.3 Å². The molecule has 1 rings (SSSR count). The monoisotopic (exact) mass is 439 g/mol. The van der Waals surface area contributed by atoms with Crippen molar-refractivity contribution in [2.24, 2.45) is 5.73 Å². The van der Waals surface area contributed by atoms with Crippen molar-refractivity contribution in [3.05, 3.63) is 35.9 Å². The second-order valence-electron chi connectivity index (χ2n) is 5.97. The zero-order chi connectivity index (χ0) is 22.8. The van der Waals surface area contributed by atoms with Crippen LogP contribution in [-0.2, 0) is 24.0 Å². The van der Waals surface area contributed by atoms with Crippen molar-refractivity contribution in [1.29, 1.82) is 0 Å². The van der Waals surface area contributed by atoms with Crippen LogP contribution in [-0.4, -0.2) is 67.7 Å². The molecular formula is C19H29N5O5S. The largest absolute Gasteiger partial charge is 0.368 e. The number of rotatable bonds is 11. The van der Waals surface area contributed by atoms with Gasteiger partial charge in [-0.2, -0.15) is 11.8 Å². The zero-order valence-electron chi connectivity index (χ0n) is 17.2. The number of hydrogen-bond acceptors (Lipinski definition) is 6. The molecule has 0 saturated heterocycles. The molecule has 6 N–H and O–H groups in total. The summed E-state index contributed by atoms with van der Waals surface area (Å²) in [5.74, 6) is -1.96. The van der Waals surface area contributed by atoms with Crippen LogP contribution in [0.5, 0.6) is 0 Å². The zero-order valence-corrected chi connectivity index (χ0v) is 18.0. The summed E-state index contributed by atoms with van der Waals surface area (Å²) in [6.07, 6.45) is 2.18. The summed E-state index contributed by atoms with van der Waals surface area (Å²) in [7, 11) is 0. The Kier molecular flexibility index (Phi) is 15.1. The van der Waals surface area contributed by atoms with E-state index < -0.39 is 23.6 Å². The van der Waals surface area contributed by atoms with Crippen LogP contribution >= 0.6 is 11.8 Å². The number of nitrogens with one attached hydrogen (secondary N) is 4. The van der Waals surface area contributed by atoms with E-state index >= 15 is 0 Å². The van der Waals surface area contributed by atoms with E-state index in [4.69, 9.17) is 5.73 Å². The minimum Gasteiger partial charge on any atom is -0.368 e. The number of primary amides is 1. The Labute approximate surface area is 180 Å². The number of amides is 5. The van der Waals surface area contributed by atoms with E-state index in [1.165, 1.54) is 17.3 Å². The molecule has 0 aliphatic rings. The Hall–Kier alpha value is -3.08. The molecule has 0 heterocycles. The first-order chi connectivity index (χ1) is 14.2. The summed E-state index contributed by atoms with van der Waals surface area (Å²) in [5, 5.41) is 9.14. The van der Waals surface area contributed by atoms with E-state index in [-0.39, 0.29) is 32.1 Å². The fraction of sp³-hybridized carbons (Fsp3) is 0.421. The van der Waals surface area contributed by atoms with Gasteiger partial charge in [-0.1, -0.05) is 35.9 Å². The smallest absolute Gasteiger partial charge is 0.239 e. The number of aryl methyl sites for hydroxylation is 1. The maximum absolute atomic E-state index is 11.4. The lowest BCUT2D eigenvalue weighted by Gasteiger charge is -2.08. The lowest BCUT2D eigenvalue weighted by Crippen LogP contribution is -2.45. The number of benzene rings is 1. The van der Waals surface area contributed by atoms with E-state index in [1.807, 2.05) is 24.5 Å². The van der Waals surface area contributed by atoms with E-state index in [2.05, 4.69) is 40.3 Å². The minimum absolute atomic E-state index is 0.223. The molecule has 30 heavy (non-hydrogen) atoms. The van der Waals surface area contributed by atoms with Gasteiger partial charge in [-0.25, -0.2) is 0 Å². The lowest BCUT2D eigenvalue weighted by molar-refractivity contribution is -0.128. The molecule has 0 aliphatic carbocycles. The van der Waals surface area contributed by atoms with Crippen molar-refractivity contribution in [3.63, 3.8) is 0 Å². The van der Waals surface area contributed by atoms with Gasteiger partial charge in [0.2, 0.25) is 29.5 Å². The molecule has 0 unspecified atom stereocenters. The topological polar surface area (TPSA) is 159 Å². The maximum atomic E-state index is 11.4. The van der Waals surface area contributed by atoms with Gasteiger partial charge < -0.3 is 27.0 Å². The minimum atomic E-state index is -0.698. The third-order valence-electron chi connectivity index (χ3n) is 3.27. The quantitative estimate of drug-likeness (QED) is 0.288. The first-order valence-corrected chi connectivity index (χ1v) is 10.5. The Morgan fingerprint density at radius 1 is 0.767 bits per heavy atom. The molecule has 1 aromatic carbocycles. The molecule has 0 saturated carbocycles. The van der Waals surface area contributed by atoms with Gasteiger partial charge in [0.05, 0.1) is 26.2 Å². The van der Waals surface area contributed by atoms with Gasteiger partial charge in [-0.15, -0.1) is 0 Å². The van der Waals surface area contributed by atoms with Gasteiger partial charge in [-0.3, -0.25) is 24.0 Å². The predicted molar refractivity (Wildman–Crippen MR) is 115 cm³/mol. The lowest BCUT2D eigenvalue weighted by atomic mass is 10.2. The second kappa shape index (κ2) is 16.8. The number of nitrogens with two attached hydrogens (primary N) is 1. The summed E-state index contributed by atoms with van der Waals surface area (Å²) >= 11 is 1.52. The maximum Gasteiger partial charge on any atom is 0.239 e. The molecule has 1 aromatic rings. The van der Waals surface area contributed by atoms with Gasteiger partial charge in [0, 0.05) is 12.2 Å². The Morgan fingerprint density at radius 3 is 1.57 bits per heavy atom. The summed E-state index contributed by atoms with van der Waals surface area (Å²) in [6, 6.07) is 10.3. The van der Waals surface area contributed by atoms with Crippen LogP contribution in [0.4, 0.5) is 0 Å².